The zero-order valence-corrected chi connectivity index (χ0v) is 12.0. The van der Waals surface area contributed by atoms with E-state index in [0.29, 0.717) is 31.4 Å². The van der Waals surface area contributed by atoms with Gasteiger partial charge in [0.25, 0.3) is 5.91 Å². The van der Waals surface area contributed by atoms with Crippen LogP contribution in [0.15, 0.2) is 28.7 Å². The lowest BCUT2D eigenvalue weighted by atomic mass is 10.1. The first-order valence-corrected chi connectivity index (χ1v) is 6.82. The molecule has 0 spiro atoms. The lowest BCUT2D eigenvalue weighted by Crippen LogP contribution is -2.30. The lowest BCUT2D eigenvalue weighted by molar-refractivity contribution is -0.138. The maximum atomic E-state index is 11.7. The van der Waals surface area contributed by atoms with E-state index in [-0.39, 0.29) is 5.91 Å². The number of hydrogen-bond acceptors (Lipinski definition) is 3. The highest BCUT2D eigenvalue weighted by Crippen LogP contribution is 2.10. The van der Waals surface area contributed by atoms with E-state index in [1.54, 1.807) is 24.3 Å². The summed E-state index contributed by atoms with van der Waals surface area (Å²) in [6.07, 6.45) is 1.81. The van der Waals surface area contributed by atoms with Crippen LogP contribution in [-0.4, -0.2) is 29.6 Å². The zero-order valence-electron chi connectivity index (χ0n) is 10.4. The van der Waals surface area contributed by atoms with Gasteiger partial charge in [-0.2, -0.15) is 0 Å². The quantitative estimate of drug-likeness (QED) is 0.665. The van der Waals surface area contributed by atoms with Crippen molar-refractivity contribution in [2.45, 2.75) is 25.3 Å². The fourth-order valence-electron chi connectivity index (χ4n) is 1.52. The Hall–Kier alpha value is -1.40. The van der Waals surface area contributed by atoms with E-state index in [1.807, 2.05) is 0 Å². The van der Waals surface area contributed by atoms with E-state index < -0.39 is 12.0 Å². The van der Waals surface area contributed by atoms with Crippen LogP contribution in [0.3, 0.4) is 0 Å². The number of halogens is 1. The standard InChI is InChI=1S/C13H17BrN2O3/c14-10-6-4-9(5-7-10)12(17)16-8-2-1-3-11(15)13(18)19/h4-7,11H,1-3,8,15H2,(H,16,17)(H,18,19)/t11-/m0/s1. The van der Waals surface area contributed by atoms with Gasteiger partial charge < -0.3 is 16.2 Å². The summed E-state index contributed by atoms with van der Waals surface area (Å²) in [5, 5.41) is 11.4. The molecule has 0 radical (unpaired) electrons. The summed E-state index contributed by atoms with van der Waals surface area (Å²) in [5.74, 6) is -1.12. The van der Waals surface area contributed by atoms with Gasteiger partial charge in [-0.25, -0.2) is 0 Å². The van der Waals surface area contributed by atoms with Gasteiger partial charge in [0.05, 0.1) is 0 Å². The number of amides is 1. The van der Waals surface area contributed by atoms with Crippen molar-refractivity contribution in [2.75, 3.05) is 6.54 Å². The third-order valence-electron chi connectivity index (χ3n) is 2.65. The Morgan fingerprint density at radius 2 is 1.89 bits per heavy atom. The van der Waals surface area contributed by atoms with Gasteiger partial charge in [-0.1, -0.05) is 15.9 Å². The molecule has 1 aromatic rings. The van der Waals surface area contributed by atoms with Gasteiger partial charge in [0.1, 0.15) is 6.04 Å². The summed E-state index contributed by atoms with van der Waals surface area (Å²) in [6, 6.07) is 6.27. The molecule has 0 fully saturated rings. The number of nitrogens with one attached hydrogen (secondary N) is 1. The Kier molecular flexibility index (Phi) is 6.52. The van der Waals surface area contributed by atoms with E-state index >= 15 is 0 Å². The van der Waals surface area contributed by atoms with Gasteiger partial charge in [-0.3, -0.25) is 9.59 Å². The molecule has 1 atom stereocenters. The molecule has 5 nitrogen and oxygen atoms in total. The summed E-state index contributed by atoms with van der Waals surface area (Å²) in [7, 11) is 0. The number of carboxylic acid groups (broad SMARTS) is 1. The van der Waals surface area contributed by atoms with E-state index in [2.05, 4.69) is 21.2 Å². The predicted octanol–water partition coefficient (Wildman–Crippen LogP) is 1.76. The number of benzene rings is 1. The Morgan fingerprint density at radius 3 is 2.47 bits per heavy atom. The van der Waals surface area contributed by atoms with Crippen molar-refractivity contribution in [3.63, 3.8) is 0 Å². The van der Waals surface area contributed by atoms with Crippen molar-refractivity contribution in [1.29, 1.82) is 0 Å². The highest BCUT2D eigenvalue weighted by atomic mass is 79.9. The van der Waals surface area contributed by atoms with Crippen molar-refractivity contribution < 1.29 is 14.7 Å². The molecule has 104 valence electrons. The zero-order chi connectivity index (χ0) is 14.3. The second kappa shape index (κ2) is 7.91. The van der Waals surface area contributed by atoms with Crippen LogP contribution in [0.5, 0.6) is 0 Å². The Bertz CT molecular complexity index is 434. The number of carbonyl (C=O) groups excluding carboxylic acids is 1. The van der Waals surface area contributed by atoms with Crippen molar-refractivity contribution in [3.05, 3.63) is 34.3 Å². The number of aliphatic carboxylic acids is 1. The van der Waals surface area contributed by atoms with Crippen LogP contribution < -0.4 is 11.1 Å². The smallest absolute Gasteiger partial charge is 0.320 e. The fraction of sp³-hybridized carbons (Fsp3) is 0.385. The number of hydrogen-bond donors (Lipinski definition) is 3. The Morgan fingerprint density at radius 1 is 1.26 bits per heavy atom. The normalized spacial score (nSPS) is 11.9. The van der Waals surface area contributed by atoms with Gasteiger partial charge >= 0.3 is 5.97 Å². The highest BCUT2D eigenvalue weighted by molar-refractivity contribution is 9.10. The third kappa shape index (κ3) is 5.85. The van der Waals surface area contributed by atoms with Gasteiger partial charge in [0.15, 0.2) is 0 Å². The number of rotatable bonds is 7. The SMILES string of the molecule is N[C@@H](CCCCNC(=O)c1ccc(Br)cc1)C(=O)O. The molecule has 0 aliphatic carbocycles. The third-order valence-corrected chi connectivity index (χ3v) is 3.18. The summed E-state index contributed by atoms with van der Waals surface area (Å²) in [5.41, 5.74) is 5.97. The maximum absolute atomic E-state index is 11.7. The predicted molar refractivity (Wildman–Crippen MR) is 75.9 cm³/mol. The minimum Gasteiger partial charge on any atom is -0.480 e. The Labute approximate surface area is 120 Å². The Balaban J connectivity index is 2.21. The first-order valence-electron chi connectivity index (χ1n) is 6.03. The van der Waals surface area contributed by atoms with Crippen LogP contribution in [0.1, 0.15) is 29.6 Å². The summed E-state index contributed by atoms with van der Waals surface area (Å²) < 4.78 is 0.923. The van der Waals surface area contributed by atoms with Gasteiger partial charge in [0, 0.05) is 16.6 Å². The second-order valence-corrected chi connectivity index (χ2v) is 5.12. The molecular weight excluding hydrogens is 312 g/mol. The van der Waals surface area contributed by atoms with Crippen LogP contribution in [0.25, 0.3) is 0 Å². The molecule has 1 amide bonds. The molecule has 6 heteroatoms. The van der Waals surface area contributed by atoms with Crippen molar-refractivity contribution in [3.8, 4) is 0 Å². The van der Waals surface area contributed by atoms with Crippen LogP contribution in [0, 0.1) is 0 Å². The van der Waals surface area contributed by atoms with Crippen molar-refractivity contribution in [1.82, 2.24) is 5.32 Å². The molecule has 0 bridgehead atoms. The van der Waals surface area contributed by atoms with Crippen LogP contribution in [0.2, 0.25) is 0 Å². The average Bonchev–Trinajstić information content (AvgIpc) is 2.38. The highest BCUT2D eigenvalue weighted by Gasteiger charge is 2.10. The largest absolute Gasteiger partial charge is 0.480 e. The fourth-order valence-corrected chi connectivity index (χ4v) is 1.78. The summed E-state index contributed by atoms with van der Waals surface area (Å²) in [4.78, 5) is 22.2. The van der Waals surface area contributed by atoms with Crippen molar-refractivity contribution in [2.24, 2.45) is 5.73 Å². The molecule has 0 saturated heterocycles. The van der Waals surface area contributed by atoms with E-state index in [4.69, 9.17) is 10.8 Å². The number of carboxylic acids is 1. The molecule has 1 aromatic carbocycles. The number of unbranched alkanes of at least 4 members (excludes halogenated alkanes) is 1. The first-order chi connectivity index (χ1) is 9.00. The van der Waals surface area contributed by atoms with Crippen LogP contribution in [0.4, 0.5) is 0 Å². The van der Waals surface area contributed by atoms with Gasteiger partial charge in [-0.05, 0) is 43.5 Å². The molecule has 0 saturated carbocycles. The van der Waals surface area contributed by atoms with Crippen LogP contribution >= 0.6 is 15.9 Å². The van der Waals surface area contributed by atoms with E-state index in [0.717, 1.165) is 4.47 Å². The van der Waals surface area contributed by atoms with E-state index in [1.165, 1.54) is 0 Å². The topological polar surface area (TPSA) is 92.4 Å². The number of carbonyl (C=O) groups is 2. The average molecular weight is 329 g/mol. The van der Waals surface area contributed by atoms with Gasteiger partial charge in [0.2, 0.25) is 0 Å². The maximum Gasteiger partial charge on any atom is 0.320 e. The minimum atomic E-state index is -0.987. The molecule has 4 N–H and O–H groups in total. The second-order valence-electron chi connectivity index (χ2n) is 4.20. The molecule has 0 aromatic heterocycles. The van der Waals surface area contributed by atoms with Crippen LogP contribution in [-0.2, 0) is 4.79 Å². The summed E-state index contributed by atoms with van der Waals surface area (Å²) in [6.45, 7) is 0.515. The molecule has 0 unspecified atom stereocenters. The summed E-state index contributed by atoms with van der Waals surface area (Å²) >= 11 is 3.30. The van der Waals surface area contributed by atoms with E-state index in [9.17, 15) is 9.59 Å². The molecular formula is C13H17BrN2O3. The molecule has 0 aliphatic rings. The molecule has 1 rings (SSSR count). The minimum absolute atomic E-state index is 0.130. The van der Waals surface area contributed by atoms with Gasteiger partial charge in [-0.15, -0.1) is 0 Å². The molecule has 19 heavy (non-hydrogen) atoms. The molecule has 0 heterocycles. The van der Waals surface area contributed by atoms with Crippen molar-refractivity contribution >= 4 is 27.8 Å². The monoisotopic (exact) mass is 328 g/mol. The number of nitrogens with two attached hydrogens (primary N) is 1. The lowest BCUT2D eigenvalue weighted by Gasteiger charge is -2.07. The first kappa shape index (κ1) is 15.7. The molecule has 0 aliphatic heterocycles.